The monoisotopic (exact) mass is 428 g/mol. The molecule has 9 heteroatoms. The predicted molar refractivity (Wildman–Crippen MR) is 114 cm³/mol. The van der Waals surface area contributed by atoms with Crippen LogP contribution in [0.1, 0.15) is 26.3 Å². The van der Waals surface area contributed by atoms with Crippen molar-refractivity contribution < 1.29 is 18.0 Å². The van der Waals surface area contributed by atoms with Gasteiger partial charge in [0.25, 0.3) is 0 Å². The largest absolute Gasteiger partial charge is 0.326 e. The molecule has 0 saturated carbocycles. The van der Waals surface area contributed by atoms with E-state index in [0.717, 1.165) is 4.31 Å². The highest BCUT2D eigenvalue weighted by Crippen LogP contribution is 2.20. The summed E-state index contributed by atoms with van der Waals surface area (Å²) in [6.45, 7) is 4.97. The molecule has 0 saturated heterocycles. The van der Waals surface area contributed by atoms with Gasteiger partial charge < -0.3 is 10.6 Å². The highest BCUT2D eigenvalue weighted by molar-refractivity contribution is 7.89. The summed E-state index contributed by atoms with van der Waals surface area (Å²) in [6.07, 6.45) is 0. The summed E-state index contributed by atoms with van der Waals surface area (Å²) in [4.78, 5) is 24.4. The molecular formula is C21H24N4O4S. The number of nitriles is 1. The normalized spacial score (nSPS) is 11.6. The van der Waals surface area contributed by atoms with E-state index in [9.17, 15) is 18.0 Å². The Morgan fingerprint density at radius 3 is 2.13 bits per heavy atom. The van der Waals surface area contributed by atoms with Crippen LogP contribution in [0.4, 0.5) is 11.4 Å². The van der Waals surface area contributed by atoms with Crippen molar-refractivity contribution in [3.8, 4) is 6.07 Å². The molecule has 2 aromatic rings. The number of rotatable bonds is 6. The summed E-state index contributed by atoms with van der Waals surface area (Å²) in [7, 11) is -2.59. The van der Waals surface area contributed by atoms with Gasteiger partial charge in [-0.25, -0.2) is 8.42 Å². The van der Waals surface area contributed by atoms with Crippen molar-refractivity contribution in [2.24, 2.45) is 5.41 Å². The summed E-state index contributed by atoms with van der Waals surface area (Å²) in [5.41, 5.74) is 0.719. The van der Waals surface area contributed by atoms with Crippen molar-refractivity contribution >= 4 is 33.2 Å². The minimum Gasteiger partial charge on any atom is -0.326 e. The van der Waals surface area contributed by atoms with Crippen LogP contribution in [0.2, 0.25) is 0 Å². The number of benzene rings is 2. The van der Waals surface area contributed by atoms with Crippen LogP contribution in [-0.2, 0) is 19.6 Å². The highest BCUT2D eigenvalue weighted by atomic mass is 32.2. The average Bonchev–Trinajstić information content (AvgIpc) is 2.67. The van der Waals surface area contributed by atoms with Crippen LogP contribution in [0, 0.1) is 16.7 Å². The van der Waals surface area contributed by atoms with Crippen molar-refractivity contribution in [3.63, 3.8) is 0 Å². The zero-order valence-corrected chi connectivity index (χ0v) is 18.1. The highest BCUT2D eigenvalue weighted by Gasteiger charge is 2.23. The van der Waals surface area contributed by atoms with Gasteiger partial charge in [-0.3, -0.25) is 9.59 Å². The molecular weight excluding hydrogens is 404 g/mol. The fraction of sp³-hybridized carbons (Fsp3) is 0.286. The number of carbonyl (C=O) groups is 2. The molecule has 0 unspecified atom stereocenters. The van der Waals surface area contributed by atoms with Gasteiger partial charge in [0.15, 0.2) is 0 Å². The fourth-order valence-electron chi connectivity index (χ4n) is 2.36. The second-order valence-corrected chi connectivity index (χ2v) is 9.78. The topological polar surface area (TPSA) is 119 Å². The molecule has 0 spiro atoms. The number of hydrogen-bond donors (Lipinski definition) is 2. The van der Waals surface area contributed by atoms with Crippen LogP contribution in [-0.4, -0.2) is 38.1 Å². The first-order valence-corrected chi connectivity index (χ1v) is 10.6. The summed E-state index contributed by atoms with van der Waals surface area (Å²) >= 11 is 0. The molecule has 0 atom stereocenters. The van der Waals surface area contributed by atoms with E-state index in [1.165, 1.54) is 31.3 Å². The lowest BCUT2D eigenvalue weighted by Crippen LogP contribution is -2.35. The molecule has 0 heterocycles. The van der Waals surface area contributed by atoms with E-state index in [0.29, 0.717) is 16.9 Å². The van der Waals surface area contributed by atoms with E-state index in [4.69, 9.17) is 5.26 Å². The van der Waals surface area contributed by atoms with Crippen LogP contribution in [0.5, 0.6) is 0 Å². The molecule has 0 aliphatic heterocycles. The summed E-state index contributed by atoms with van der Waals surface area (Å²) < 4.78 is 26.1. The van der Waals surface area contributed by atoms with Gasteiger partial charge in [-0.05, 0) is 42.5 Å². The summed E-state index contributed by atoms with van der Waals surface area (Å²) in [5, 5.41) is 14.2. The van der Waals surface area contributed by atoms with Crippen LogP contribution < -0.4 is 10.6 Å². The second-order valence-electron chi connectivity index (χ2n) is 7.73. The average molecular weight is 429 g/mol. The molecule has 2 rings (SSSR count). The molecule has 0 aliphatic rings. The Balaban J connectivity index is 2.05. The molecule has 158 valence electrons. The minimum atomic E-state index is -3.89. The predicted octanol–water partition coefficient (Wildman–Crippen LogP) is 2.80. The van der Waals surface area contributed by atoms with Gasteiger partial charge in [-0.15, -0.1) is 0 Å². The zero-order chi connectivity index (χ0) is 22.5. The Labute approximate surface area is 176 Å². The quantitative estimate of drug-likeness (QED) is 0.733. The Hall–Kier alpha value is -3.22. The van der Waals surface area contributed by atoms with Crippen LogP contribution in [0.25, 0.3) is 0 Å². The third-order valence-electron chi connectivity index (χ3n) is 4.14. The van der Waals surface area contributed by atoms with E-state index in [1.54, 1.807) is 45.0 Å². The fourth-order valence-corrected chi connectivity index (χ4v) is 3.49. The number of hydrogen-bond acceptors (Lipinski definition) is 5. The first-order valence-electron chi connectivity index (χ1n) is 9.11. The maximum atomic E-state index is 12.6. The van der Waals surface area contributed by atoms with E-state index in [1.807, 2.05) is 6.07 Å². The SMILES string of the molecule is CN(CC(=O)Nc1cccc(NC(=O)C(C)(C)C)c1)S(=O)(=O)c1ccc(C#N)cc1. The Morgan fingerprint density at radius 2 is 1.60 bits per heavy atom. The minimum absolute atomic E-state index is 0.0105. The lowest BCUT2D eigenvalue weighted by molar-refractivity contribution is -0.123. The standard InChI is InChI=1S/C21H24N4O4S/c1-21(2,3)20(27)24-17-7-5-6-16(12-17)23-19(26)14-25(4)30(28,29)18-10-8-15(13-22)9-11-18/h5-12H,14H2,1-4H3,(H,23,26)(H,24,27). The number of nitrogens with one attached hydrogen (secondary N) is 2. The molecule has 2 N–H and O–H groups in total. The van der Waals surface area contributed by atoms with Gasteiger partial charge in [0.2, 0.25) is 21.8 Å². The van der Waals surface area contributed by atoms with E-state index < -0.39 is 27.9 Å². The van der Waals surface area contributed by atoms with Gasteiger partial charge in [-0.2, -0.15) is 9.57 Å². The summed E-state index contributed by atoms with van der Waals surface area (Å²) in [5.74, 6) is -0.701. The zero-order valence-electron chi connectivity index (χ0n) is 17.3. The third kappa shape index (κ3) is 5.89. The van der Waals surface area contributed by atoms with Crippen molar-refractivity contribution in [2.45, 2.75) is 25.7 Å². The Bertz CT molecular complexity index is 1080. The van der Waals surface area contributed by atoms with Crippen molar-refractivity contribution in [1.82, 2.24) is 4.31 Å². The van der Waals surface area contributed by atoms with Crippen molar-refractivity contribution in [3.05, 3.63) is 54.1 Å². The second kappa shape index (κ2) is 9.07. The van der Waals surface area contributed by atoms with E-state index >= 15 is 0 Å². The van der Waals surface area contributed by atoms with Gasteiger partial charge in [0.1, 0.15) is 0 Å². The number of amides is 2. The number of sulfonamides is 1. The molecule has 2 amide bonds. The smallest absolute Gasteiger partial charge is 0.243 e. The molecule has 0 aliphatic carbocycles. The molecule has 0 bridgehead atoms. The molecule has 0 fully saturated rings. The number of nitrogens with zero attached hydrogens (tertiary/aromatic N) is 2. The lowest BCUT2D eigenvalue weighted by Gasteiger charge is -2.19. The molecule has 0 aromatic heterocycles. The van der Waals surface area contributed by atoms with Crippen LogP contribution >= 0.6 is 0 Å². The van der Waals surface area contributed by atoms with E-state index in [-0.39, 0.29) is 10.8 Å². The maximum Gasteiger partial charge on any atom is 0.243 e. The first kappa shape index (κ1) is 23.1. The number of anilines is 2. The third-order valence-corrected chi connectivity index (χ3v) is 5.96. The first-order chi connectivity index (χ1) is 13.9. The molecule has 30 heavy (non-hydrogen) atoms. The van der Waals surface area contributed by atoms with Gasteiger partial charge in [0, 0.05) is 23.8 Å². The summed E-state index contributed by atoms with van der Waals surface area (Å²) in [6, 6.07) is 14.0. The molecule has 2 aromatic carbocycles. The van der Waals surface area contributed by atoms with Crippen LogP contribution in [0.3, 0.4) is 0 Å². The number of carbonyl (C=O) groups excluding carboxylic acids is 2. The van der Waals surface area contributed by atoms with Gasteiger partial charge in [-0.1, -0.05) is 26.8 Å². The maximum absolute atomic E-state index is 12.6. The van der Waals surface area contributed by atoms with Gasteiger partial charge >= 0.3 is 0 Å². The Morgan fingerprint density at radius 1 is 1.03 bits per heavy atom. The Kier molecular flexibility index (Phi) is 6.97. The van der Waals surface area contributed by atoms with Crippen molar-refractivity contribution in [2.75, 3.05) is 24.2 Å². The van der Waals surface area contributed by atoms with Crippen LogP contribution in [0.15, 0.2) is 53.4 Å². The van der Waals surface area contributed by atoms with Gasteiger partial charge in [0.05, 0.1) is 23.1 Å². The lowest BCUT2D eigenvalue weighted by atomic mass is 9.95. The van der Waals surface area contributed by atoms with Crippen molar-refractivity contribution in [1.29, 1.82) is 5.26 Å². The number of likely N-dealkylation sites (N-methyl/N-ethyl adjacent to an activating group) is 1. The van der Waals surface area contributed by atoms with E-state index in [2.05, 4.69) is 10.6 Å². The molecule has 8 nitrogen and oxygen atoms in total. The molecule has 0 radical (unpaired) electrons.